The van der Waals surface area contributed by atoms with E-state index in [1.165, 1.54) is 0 Å². The Balaban J connectivity index is 2.19. The van der Waals surface area contributed by atoms with Crippen molar-refractivity contribution in [2.24, 2.45) is 5.92 Å². The van der Waals surface area contributed by atoms with E-state index in [-0.39, 0.29) is 11.7 Å². The number of ether oxygens (including phenoxy) is 2. The van der Waals surface area contributed by atoms with E-state index in [4.69, 9.17) is 9.47 Å². The molecule has 0 bridgehead atoms. The van der Waals surface area contributed by atoms with E-state index >= 15 is 0 Å². The first-order chi connectivity index (χ1) is 9.69. The molecule has 1 aromatic rings. The van der Waals surface area contributed by atoms with Gasteiger partial charge in [-0.3, -0.25) is 9.59 Å². The molecule has 0 fully saturated rings. The maximum Gasteiger partial charge on any atom is 0.316 e. The Morgan fingerprint density at radius 1 is 1.35 bits per heavy atom. The van der Waals surface area contributed by atoms with Crippen LogP contribution < -0.4 is 4.74 Å². The molecule has 0 N–H and O–H groups in total. The Kier molecular flexibility index (Phi) is 4.77. The molecule has 4 nitrogen and oxygen atoms in total. The molecule has 0 spiro atoms. The van der Waals surface area contributed by atoms with E-state index < -0.39 is 11.9 Å². The van der Waals surface area contributed by atoms with Crippen LogP contribution in [0.15, 0.2) is 24.3 Å². The number of hydrogen-bond donors (Lipinski definition) is 0. The summed E-state index contributed by atoms with van der Waals surface area (Å²) in [5, 5.41) is 0. The van der Waals surface area contributed by atoms with E-state index in [1.807, 2.05) is 31.2 Å². The summed E-state index contributed by atoms with van der Waals surface area (Å²) >= 11 is 0. The second-order valence-electron chi connectivity index (χ2n) is 4.90. The quantitative estimate of drug-likeness (QED) is 0.592. The van der Waals surface area contributed by atoms with Crippen molar-refractivity contribution in [1.82, 2.24) is 0 Å². The van der Waals surface area contributed by atoms with Crippen molar-refractivity contribution in [2.45, 2.75) is 32.6 Å². The minimum Gasteiger partial charge on any atom is -0.492 e. The van der Waals surface area contributed by atoms with Crippen molar-refractivity contribution in [3.05, 3.63) is 29.8 Å². The van der Waals surface area contributed by atoms with Crippen LogP contribution in [-0.4, -0.2) is 25.0 Å². The number of esters is 1. The van der Waals surface area contributed by atoms with Crippen LogP contribution in [0.25, 0.3) is 0 Å². The highest BCUT2D eigenvalue weighted by Crippen LogP contribution is 2.36. The van der Waals surface area contributed by atoms with Gasteiger partial charge in [0.25, 0.3) is 0 Å². The topological polar surface area (TPSA) is 52.6 Å². The van der Waals surface area contributed by atoms with E-state index in [9.17, 15) is 9.59 Å². The van der Waals surface area contributed by atoms with Crippen LogP contribution in [0.5, 0.6) is 5.75 Å². The Bertz CT molecular complexity index is 495. The number of carbonyl (C=O) groups excluding carboxylic acids is 2. The molecule has 1 aliphatic heterocycles. The van der Waals surface area contributed by atoms with Crippen LogP contribution in [0.3, 0.4) is 0 Å². The molecule has 2 rings (SSSR count). The molecule has 1 aromatic carbocycles. The molecule has 1 heterocycles. The summed E-state index contributed by atoms with van der Waals surface area (Å²) in [6, 6.07) is 7.49. The molecule has 108 valence electrons. The van der Waals surface area contributed by atoms with Crippen LogP contribution in [-0.2, 0) is 14.3 Å². The largest absolute Gasteiger partial charge is 0.492 e. The van der Waals surface area contributed by atoms with Gasteiger partial charge in [-0.05, 0) is 19.4 Å². The van der Waals surface area contributed by atoms with E-state index in [0.717, 1.165) is 17.7 Å². The lowest BCUT2D eigenvalue weighted by atomic mass is 9.86. The van der Waals surface area contributed by atoms with Crippen LogP contribution in [0.2, 0.25) is 0 Å². The summed E-state index contributed by atoms with van der Waals surface area (Å²) in [4.78, 5) is 24.6. The van der Waals surface area contributed by atoms with Crippen molar-refractivity contribution in [3.8, 4) is 5.75 Å². The monoisotopic (exact) mass is 276 g/mol. The third kappa shape index (κ3) is 2.84. The van der Waals surface area contributed by atoms with Gasteiger partial charge in [0.05, 0.1) is 12.5 Å². The molecular weight excluding hydrogens is 256 g/mol. The zero-order chi connectivity index (χ0) is 14.5. The lowest BCUT2D eigenvalue weighted by Crippen LogP contribution is -2.31. The molecule has 1 aliphatic rings. The lowest BCUT2D eigenvalue weighted by Gasteiger charge is -2.17. The molecule has 0 amide bonds. The molecule has 0 aliphatic carbocycles. The summed E-state index contributed by atoms with van der Waals surface area (Å²) in [6.45, 7) is 4.32. The summed E-state index contributed by atoms with van der Waals surface area (Å²) in [5.41, 5.74) is 0.878. The maximum absolute atomic E-state index is 12.6. The molecule has 0 aromatic heterocycles. The van der Waals surface area contributed by atoms with Crippen molar-refractivity contribution >= 4 is 11.8 Å². The van der Waals surface area contributed by atoms with E-state index in [1.54, 1.807) is 6.92 Å². The zero-order valence-corrected chi connectivity index (χ0v) is 11.9. The van der Waals surface area contributed by atoms with Crippen LogP contribution >= 0.6 is 0 Å². The van der Waals surface area contributed by atoms with Crippen molar-refractivity contribution in [1.29, 1.82) is 0 Å². The minimum absolute atomic E-state index is 0.0877. The highest BCUT2D eigenvalue weighted by atomic mass is 16.5. The Morgan fingerprint density at radius 2 is 2.10 bits per heavy atom. The SMILES string of the molecule is CCCC(C(=O)OCC)C(=O)C1COc2ccccc21. The Hall–Kier alpha value is -1.84. The molecule has 4 heteroatoms. The maximum atomic E-state index is 12.6. The standard InChI is InChI=1S/C16H20O4/c1-3-7-12(16(18)19-4-2)15(17)13-10-20-14-9-6-5-8-11(13)14/h5-6,8-9,12-13H,3-4,7,10H2,1-2H3. The Morgan fingerprint density at radius 3 is 2.80 bits per heavy atom. The van der Waals surface area contributed by atoms with Crippen LogP contribution in [0.1, 0.15) is 38.2 Å². The van der Waals surface area contributed by atoms with Gasteiger partial charge in [-0.15, -0.1) is 0 Å². The van der Waals surface area contributed by atoms with Gasteiger partial charge in [0.15, 0.2) is 5.78 Å². The number of fused-ring (bicyclic) bond motifs is 1. The van der Waals surface area contributed by atoms with Gasteiger partial charge in [0.1, 0.15) is 18.3 Å². The highest BCUT2D eigenvalue weighted by molar-refractivity contribution is 6.03. The molecular formula is C16H20O4. The summed E-state index contributed by atoms with van der Waals surface area (Å²) in [7, 11) is 0. The normalized spacial score (nSPS) is 18.0. The fourth-order valence-corrected chi connectivity index (χ4v) is 2.55. The molecule has 20 heavy (non-hydrogen) atoms. The number of carbonyl (C=O) groups is 2. The number of para-hydroxylation sites is 1. The first-order valence-corrected chi connectivity index (χ1v) is 7.11. The van der Waals surface area contributed by atoms with Crippen molar-refractivity contribution in [3.63, 3.8) is 0 Å². The van der Waals surface area contributed by atoms with Gasteiger partial charge < -0.3 is 9.47 Å². The summed E-state index contributed by atoms with van der Waals surface area (Å²) in [5.74, 6) is -0.796. The number of benzene rings is 1. The van der Waals surface area contributed by atoms with Gasteiger partial charge in [-0.1, -0.05) is 31.5 Å². The molecule has 0 saturated carbocycles. The fourth-order valence-electron chi connectivity index (χ4n) is 2.55. The van der Waals surface area contributed by atoms with Crippen LogP contribution in [0, 0.1) is 5.92 Å². The number of hydrogen-bond acceptors (Lipinski definition) is 4. The third-order valence-electron chi connectivity index (χ3n) is 3.54. The number of rotatable bonds is 6. The molecule has 2 atom stereocenters. The highest BCUT2D eigenvalue weighted by Gasteiger charge is 2.37. The predicted molar refractivity (Wildman–Crippen MR) is 74.7 cm³/mol. The van der Waals surface area contributed by atoms with Gasteiger partial charge in [-0.2, -0.15) is 0 Å². The molecule has 0 radical (unpaired) electrons. The smallest absolute Gasteiger partial charge is 0.316 e. The predicted octanol–water partition coefficient (Wildman–Crippen LogP) is 2.71. The second-order valence-corrected chi connectivity index (χ2v) is 4.90. The minimum atomic E-state index is -0.681. The Labute approximate surface area is 119 Å². The summed E-state index contributed by atoms with van der Waals surface area (Å²) in [6.07, 6.45) is 1.29. The van der Waals surface area contributed by atoms with Gasteiger partial charge in [-0.25, -0.2) is 0 Å². The first kappa shape index (κ1) is 14.6. The number of Topliss-reactive ketones (excluding diaryl/α,β-unsaturated/α-hetero) is 1. The fraction of sp³-hybridized carbons (Fsp3) is 0.500. The lowest BCUT2D eigenvalue weighted by molar-refractivity contribution is -0.152. The van der Waals surface area contributed by atoms with Crippen molar-refractivity contribution in [2.75, 3.05) is 13.2 Å². The average molecular weight is 276 g/mol. The van der Waals surface area contributed by atoms with E-state index in [2.05, 4.69) is 0 Å². The third-order valence-corrected chi connectivity index (χ3v) is 3.54. The van der Waals surface area contributed by atoms with Crippen molar-refractivity contribution < 1.29 is 19.1 Å². The zero-order valence-electron chi connectivity index (χ0n) is 11.9. The molecule has 0 saturated heterocycles. The average Bonchev–Trinajstić information content (AvgIpc) is 2.88. The van der Waals surface area contributed by atoms with Crippen LogP contribution in [0.4, 0.5) is 0 Å². The van der Waals surface area contributed by atoms with Gasteiger partial charge in [0, 0.05) is 5.56 Å². The van der Waals surface area contributed by atoms with Gasteiger partial charge >= 0.3 is 5.97 Å². The van der Waals surface area contributed by atoms with Gasteiger partial charge in [0.2, 0.25) is 0 Å². The number of ketones is 1. The first-order valence-electron chi connectivity index (χ1n) is 7.11. The molecule has 2 unspecified atom stereocenters. The summed E-state index contributed by atoms with van der Waals surface area (Å²) < 4.78 is 10.6. The van der Waals surface area contributed by atoms with E-state index in [0.29, 0.717) is 19.6 Å². The second kappa shape index (κ2) is 6.55.